The summed E-state index contributed by atoms with van der Waals surface area (Å²) in [6, 6.07) is 5.92. The first-order valence-corrected chi connectivity index (χ1v) is 4.94. The van der Waals surface area contributed by atoms with E-state index in [1.54, 1.807) is 31.5 Å². The minimum absolute atomic E-state index is 0.0680. The fourth-order valence-electron chi connectivity index (χ4n) is 1.50. The Labute approximate surface area is 92.5 Å². The van der Waals surface area contributed by atoms with Gasteiger partial charge in [0.15, 0.2) is 0 Å². The molecule has 0 unspecified atom stereocenters. The number of nitrogens with zero attached hydrogens (tertiary/aromatic N) is 2. The number of halogens is 1. The summed E-state index contributed by atoms with van der Waals surface area (Å²) in [5, 5.41) is 0. The predicted molar refractivity (Wildman–Crippen MR) is 57.7 cm³/mol. The van der Waals surface area contributed by atoms with Gasteiger partial charge in [0.2, 0.25) is 5.91 Å². The first kappa shape index (κ1) is 10.5. The first-order chi connectivity index (χ1) is 7.66. The zero-order valence-corrected chi connectivity index (χ0v) is 8.85. The molecule has 0 aliphatic heterocycles. The van der Waals surface area contributed by atoms with E-state index >= 15 is 0 Å². The van der Waals surface area contributed by atoms with Gasteiger partial charge in [-0.25, -0.2) is 9.37 Å². The molecule has 16 heavy (non-hydrogen) atoms. The van der Waals surface area contributed by atoms with Gasteiger partial charge in [0.05, 0.1) is 6.42 Å². The lowest BCUT2D eigenvalue weighted by Gasteiger charge is -2.03. The normalized spacial score (nSPS) is 10.4. The third-order valence-electron chi connectivity index (χ3n) is 2.36. The molecule has 2 rings (SSSR count). The highest BCUT2D eigenvalue weighted by Crippen LogP contribution is 2.06. The van der Waals surface area contributed by atoms with Crippen LogP contribution in [0.5, 0.6) is 0 Å². The highest BCUT2D eigenvalue weighted by molar-refractivity contribution is 5.81. The maximum Gasteiger partial charge on any atom is 0.236 e. The highest BCUT2D eigenvalue weighted by Gasteiger charge is 2.08. The van der Waals surface area contributed by atoms with Crippen molar-refractivity contribution in [3.05, 3.63) is 53.9 Å². The number of carbonyl (C=O) groups is 1. The van der Waals surface area contributed by atoms with Crippen molar-refractivity contribution < 1.29 is 9.18 Å². The maximum atomic E-state index is 12.7. The summed E-state index contributed by atoms with van der Waals surface area (Å²) in [4.78, 5) is 15.8. The van der Waals surface area contributed by atoms with E-state index in [4.69, 9.17) is 0 Å². The van der Waals surface area contributed by atoms with Crippen molar-refractivity contribution in [2.45, 2.75) is 13.3 Å². The van der Waals surface area contributed by atoms with E-state index in [1.807, 2.05) is 0 Å². The highest BCUT2D eigenvalue weighted by atomic mass is 19.1. The molecule has 0 aliphatic rings. The molecule has 0 amide bonds. The zero-order valence-electron chi connectivity index (χ0n) is 8.85. The number of hydrogen-bond donors (Lipinski definition) is 0. The van der Waals surface area contributed by atoms with Crippen molar-refractivity contribution in [3.63, 3.8) is 0 Å². The lowest BCUT2D eigenvalue weighted by atomic mass is 10.1. The molecule has 0 bridgehead atoms. The minimum Gasteiger partial charge on any atom is -0.274 e. The monoisotopic (exact) mass is 218 g/mol. The molecule has 1 heterocycles. The van der Waals surface area contributed by atoms with Crippen LogP contribution in [0.15, 0.2) is 36.7 Å². The van der Waals surface area contributed by atoms with E-state index in [1.165, 1.54) is 16.7 Å². The number of imidazole rings is 1. The van der Waals surface area contributed by atoms with Crippen LogP contribution in [0.25, 0.3) is 0 Å². The van der Waals surface area contributed by atoms with Gasteiger partial charge in [-0.15, -0.1) is 0 Å². The van der Waals surface area contributed by atoms with E-state index in [-0.39, 0.29) is 18.1 Å². The summed E-state index contributed by atoms with van der Waals surface area (Å²) in [6.45, 7) is 1.77. The quantitative estimate of drug-likeness (QED) is 0.774. The Morgan fingerprint density at radius 2 is 2.06 bits per heavy atom. The van der Waals surface area contributed by atoms with Gasteiger partial charge in [0.25, 0.3) is 0 Å². The Morgan fingerprint density at radius 1 is 1.38 bits per heavy atom. The van der Waals surface area contributed by atoms with Crippen LogP contribution in [0, 0.1) is 12.7 Å². The average Bonchev–Trinajstić information content (AvgIpc) is 2.68. The Morgan fingerprint density at radius 3 is 2.62 bits per heavy atom. The molecule has 2 aromatic rings. The first-order valence-electron chi connectivity index (χ1n) is 4.94. The van der Waals surface area contributed by atoms with E-state index in [0.29, 0.717) is 5.82 Å². The van der Waals surface area contributed by atoms with Gasteiger partial charge < -0.3 is 0 Å². The molecule has 0 fully saturated rings. The number of aryl methyl sites for hydroxylation is 1. The summed E-state index contributed by atoms with van der Waals surface area (Å²) in [7, 11) is 0. The third-order valence-corrected chi connectivity index (χ3v) is 2.36. The van der Waals surface area contributed by atoms with Crippen LogP contribution in [0.4, 0.5) is 4.39 Å². The summed E-state index contributed by atoms with van der Waals surface area (Å²) in [6.07, 6.45) is 3.45. The van der Waals surface area contributed by atoms with Gasteiger partial charge in [-0.05, 0) is 24.6 Å². The van der Waals surface area contributed by atoms with Crippen LogP contribution in [0.2, 0.25) is 0 Å². The second-order valence-corrected chi connectivity index (χ2v) is 3.54. The van der Waals surface area contributed by atoms with Gasteiger partial charge in [-0.3, -0.25) is 9.36 Å². The van der Waals surface area contributed by atoms with E-state index in [0.717, 1.165) is 5.56 Å². The number of carbonyl (C=O) groups excluding carboxylic acids is 1. The molecule has 4 heteroatoms. The molecule has 0 atom stereocenters. The van der Waals surface area contributed by atoms with Gasteiger partial charge >= 0.3 is 0 Å². The van der Waals surface area contributed by atoms with Crippen LogP contribution in [-0.4, -0.2) is 15.5 Å². The van der Waals surface area contributed by atoms with Gasteiger partial charge in [-0.1, -0.05) is 12.1 Å². The molecule has 82 valence electrons. The lowest BCUT2D eigenvalue weighted by molar-refractivity contribution is 0.0911. The van der Waals surface area contributed by atoms with E-state index in [9.17, 15) is 9.18 Å². The van der Waals surface area contributed by atoms with Crippen molar-refractivity contribution >= 4 is 5.91 Å². The molecule has 0 spiro atoms. The van der Waals surface area contributed by atoms with Crippen LogP contribution in [-0.2, 0) is 6.42 Å². The zero-order chi connectivity index (χ0) is 11.5. The molecule has 0 saturated carbocycles. The predicted octanol–water partition coefficient (Wildman–Crippen LogP) is 2.21. The SMILES string of the molecule is Cc1nccn1C(=O)Cc1ccc(F)cc1. The standard InChI is InChI=1S/C12H11FN2O/c1-9-14-6-7-15(9)12(16)8-10-2-4-11(13)5-3-10/h2-7H,8H2,1H3. The summed E-state index contributed by atoms with van der Waals surface area (Å²) in [5.74, 6) is 0.295. The molecule has 0 radical (unpaired) electrons. The number of aromatic nitrogens is 2. The van der Waals surface area contributed by atoms with Crippen molar-refractivity contribution in [2.24, 2.45) is 0 Å². The fraction of sp³-hybridized carbons (Fsp3) is 0.167. The van der Waals surface area contributed by atoms with Crippen LogP contribution >= 0.6 is 0 Å². The number of rotatable bonds is 2. The minimum atomic E-state index is -0.296. The molecule has 0 N–H and O–H groups in total. The molecule has 3 nitrogen and oxygen atoms in total. The lowest BCUT2D eigenvalue weighted by Crippen LogP contribution is -2.14. The summed E-state index contributed by atoms with van der Waals surface area (Å²) in [5.41, 5.74) is 0.791. The van der Waals surface area contributed by atoms with Crippen molar-refractivity contribution in [1.29, 1.82) is 0 Å². The maximum absolute atomic E-state index is 12.7. The molecule has 0 saturated heterocycles. The smallest absolute Gasteiger partial charge is 0.236 e. The Hall–Kier alpha value is -1.97. The second-order valence-electron chi connectivity index (χ2n) is 3.54. The average molecular weight is 218 g/mol. The van der Waals surface area contributed by atoms with Crippen LogP contribution in [0.1, 0.15) is 16.2 Å². The van der Waals surface area contributed by atoms with E-state index in [2.05, 4.69) is 4.98 Å². The molecule has 0 aliphatic carbocycles. The number of hydrogen-bond acceptors (Lipinski definition) is 2. The second kappa shape index (κ2) is 4.26. The van der Waals surface area contributed by atoms with Crippen LogP contribution < -0.4 is 0 Å². The number of benzene rings is 1. The molecule has 1 aromatic carbocycles. The van der Waals surface area contributed by atoms with Crippen molar-refractivity contribution in [1.82, 2.24) is 9.55 Å². The molecule has 1 aromatic heterocycles. The van der Waals surface area contributed by atoms with Gasteiger partial charge in [0.1, 0.15) is 11.6 Å². The fourth-order valence-corrected chi connectivity index (χ4v) is 1.50. The van der Waals surface area contributed by atoms with Crippen LogP contribution in [0.3, 0.4) is 0 Å². The summed E-state index contributed by atoms with van der Waals surface area (Å²) < 4.78 is 14.2. The Kier molecular flexibility index (Phi) is 2.81. The topological polar surface area (TPSA) is 34.9 Å². The third kappa shape index (κ3) is 2.16. The largest absolute Gasteiger partial charge is 0.274 e. The Bertz CT molecular complexity index is 502. The molecular weight excluding hydrogens is 207 g/mol. The van der Waals surface area contributed by atoms with Gasteiger partial charge in [-0.2, -0.15) is 0 Å². The van der Waals surface area contributed by atoms with Crippen molar-refractivity contribution in [2.75, 3.05) is 0 Å². The van der Waals surface area contributed by atoms with Gasteiger partial charge in [0, 0.05) is 12.4 Å². The molecular formula is C12H11FN2O. The Balaban J connectivity index is 2.14. The van der Waals surface area contributed by atoms with E-state index < -0.39 is 0 Å². The van der Waals surface area contributed by atoms with Crippen molar-refractivity contribution in [3.8, 4) is 0 Å². The summed E-state index contributed by atoms with van der Waals surface area (Å²) >= 11 is 0.